The van der Waals surface area contributed by atoms with Crippen LogP contribution < -0.4 is 10.6 Å². The molecule has 1 unspecified atom stereocenters. The molecule has 0 amide bonds. The van der Waals surface area contributed by atoms with Gasteiger partial charge in [0.25, 0.3) is 0 Å². The number of rotatable bonds is 6. The van der Waals surface area contributed by atoms with E-state index in [-0.39, 0.29) is 0 Å². The Hall–Kier alpha value is -0.320. The van der Waals surface area contributed by atoms with Crippen molar-refractivity contribution in [3.63, 3.8) is 0 Å². The van der Waals surface area contributed by atoms with Crippen molar-refractivity contribution in [2.75, 3.05) is 29.2 Å². The number of pyridine rings is 1. The lowest BCUT2D eigenvalue weighted by Gasteiger charge is -2.16. The van der Waals surface area contributed by atoms with Gasteiger partial charge in [0.1, 0.15) is 11.6 Å². The lowest BCUT2D eigenvalue weighted by atomic mass is 10.3. The van der Waals surface area contributed by atoms with Crippen LogP contribution in [-0.2, 0) is 0 Å². The fourth-order valence-electron chi connectivity index (χ4n) is 1.31. The molecule has 0 saturated carbocycles. The molecule has 0 saturated heterocycles. The van der Waals surface area contributed by atoms with E-state index in [1.165, 1.54) is 0 Å². The zero-order valence-electron chi connectivity index (χ0n) is 10.2. The largest absolute Gasteiger partial charge is 0.372 e. The van der Waals surface area contributed by atoms with Gasteiger partial charge < -0.3 is 10.6 Å². The maximum absolute atomic E-state index is 6.09. The lowest BCUT2D eigenvalue weighted by molar-refractivity contribution is 0.902. The molecule has 0 aliphatic carbocycles. The van der Waals surface area contributed by atoms with Crippen LogP contribution in [0.15, 0.2) is 6.07 Å². The number of anilines is 2. The molecular formula is C11H17Cl2N3S. The number of thioether (sulfide) groups is 1. The second-order valence-electron chi connectivity index (χ2n) is 3.60. The molecule has 2 N–H and O–H groups in total. The summed E-state index contributed by atoms with van der Waals surface area (Å²) in [5.74, 6) is 3.43. The molecule has 1 atom stereocenters. The minimum Gasteiger partial charge on any atom is -0.372 e. The molecule has 1 aromatic rings. The van der Waals surface area contributed by atoms with E-state index in [4.69, 9.17) is 23.2 Å². The van der Waals surface area contributed by atoms with E-state index < -0.39 is 0 Å². The van der Waals surface area contributed by atoms with Crippen LogP contribution in [0.2, 0.25) is 10.0 Å². The van der Waals surface area contributed by atoms with Gasteiger partial charge in [-0.25, -0.2) is 4.98 Å². The van der Waals surface area contributed by atoms with E-state index in [1.807, 2.05) is 11.8 Å². The molecule has 0 spiro atoms. The van der Waals surface area contributed by atoms with E-state index in [9.17, 15) is 0 Å². The fourth-order valence-corrected chi connectivity index (χ4v) is 2.49. The molecule has 3 nitrogen and oxygen atoms in total. The van der Waals surface area contributed by atoms with Crippen LogP contribution in [0.4, 0.5) is 11.6 Å². The molecule has 0 aliphatic heterocycles. The average Bonchev–Trinajstić information content (AvgIpc) is 2.30. The molecule has 1 rings (SSSR count). The summed E-state index contributed by atoms with van der Waals surface area (Å²) in [6.07, 6.45) is 0. The molecule has 1 aromatic heterocycles. The maximum Gasteiger partial charge on any atom is 0.147 e. The molecule has 96 valence electrons. The standard InChI is InChI=1S/C11H17Cl2N3S/c1-4-17-6-7(2)15-11-9(13)5-8(12)10(14-3)16-11/h5,7H,4,6H2,1-3H3,(H2,14,15,16). The van der Waals surface area contributed by atoms with Crippen LogP contribution in [-0.4, -0.2) is 29.6 Å². The molecule has 0 bridgehead atoms. The SMILES string of the molecule is CCSCC(C)Nc1nc(NC)c(Cl)cc1Cl. The summed E-state index contributed by atoms with van der Waals surface area (Å²) in [4.78, 5) is 4.34. The Labute approximate surface area is 117 Å². The molecular weight excluding hydrogens is 277 g/mol. The molecule has 17 heavy (non-hydrogen) atoms. The van der Waals surface area contributed by atoms with Crippen LogP contribution in [0, 0.1) is 0 Å². The van der Waals surface area contributed by atoms with Crippen LogP contribution in [0.1, 0.15) is 13.8 Å². The van der Waals surface area contributed by atoms with E-state index in [1.54, 1.807) is 13.1 Å². The van der Waals surface area contributed by atoms with Crippen LogP contribution in [0.5, 0.6) is 0 Å². The van der Waals surface area contributed by atoms with Gasteiger partial charge in [-0.2, -0.15) is 11.8 Å². The highest BCUT2D eigenvalue weighted by Crippen LogP contribution is 2.29. The van der Waals surface area contributed by atoms with E-state index in [0.29, 0.717) is 27.7 Å². The minimum absolute atomic E-state index is 0.316. The quantitative estimate of drug-likeness (QED) is 0.832. The number of nitrogens with one attached hydrogen (secondary N) is 2. The molecule has 0 aromatic carbocycles. The zero-order valence-corrected chi connectivity index (χ0v) is 12.5. The summed E-state index contributed by atoms with van der Waals surface area (Å²) < 4.78 is 0. The minimum atomic E-state index is 0.316. The van der Waals surface area contributed by atoms with Gasteiger partial charge >= 0.3 is 0 Å². The highest BCUT2D eigenvalue weighted by Gasteiger charge is 2.10. The van der Waals surface area contributed by atoms with Gasteiger partial charge in [-0.15, -0.1) is 0 Å². The van der Waals surface area contributed by atoms with Gasteiger partial charge in [0.05, 0.1) is 10.0 Å². The Morgan fingerprint density at radius 2 is 2.00 bits per heavy atom. The normalized spacial score (nSPS) is 12.3. The highest BCUT2D eigenvalue weighted by molar-refractivity contribution is 7.99. The third-order valence-corrected chi connectivity index (χ3v) is 3.84. The van der Waals surface area contributed by atoms with E-state index in [2.05, 4.69) is 29.5 Å². The van der Waals surface area contributed by atoms with Gasteiger partial charge in [0.2, 0.25) is 0 Å². The molecule has 0 fully saturated rings. The predicted octanol–water partition coefficient (Wildman–Crippen LogP) is 3.98. The third-order valence-electron chi connectivity index (χ3n) is 2.12. The summed E-state index contributed by atoms with van der Waals surface area (Å²) in [6, 6.07) is 2.01. The Balaban J connectivity index is 2.76. The van der Waals surface area contributed by atoms with Gasteiger partial charge in [-0.1, -0.05) is 30.1 Å². The van der Waals surface area contributed by atoms with Crippen molar-refractivity contribution in [2.24, 2.45) is 0 Å². The van der Waals surface area contributed by atoms with Crippen molar-refractivity contribution >= 4 is 46.6 Å². The molecule has 0 radical (unpaired) electrons. The lowest BCUT2D eigenvalue weighted by Crippen LogP contribution is -2.19. The summed E-state index contributed by atoms with van der Waals surface area (Å²) in [5.41, 5.74) is 0. The summed E-state index contributed by atoms with van der Waals surface area (Å²) in [7, 11) is 1.78. The first-order chi connectivity index (χ1) is 8.08. The van der Waals surface area contributed by atoms with Crippen LogP contribution >= 0.6 is 35.0 Å². The highest BCUT2D eigenvalue weighted by atomic mass is 35.5. The van der Waals surface area contributed by atoms with Gasteiger partial charge in [0, 0.05) is 18.8 Å². The molecule has 1 heterocycles. The number of nitrogens with zero attached hydrogens (tertiary/aromatic N) is 1. The Kier molecular flexibility index (Phi) is 6.23. The van der Waals surface area contributed by atoms with Crippen LogP contribution in [0.25, 0.3) is 0 Å². The monoisotopic (exact) mass is 293 g/mol. The summed E-state index contributed by atoms with van der Waals surface area (Å²) in [6.45, 7) is 4.25. The number of hydrogen-bond donors (Lipinski definition) is 2. The Bertz CT molecular complexity index is 374. The summed E-state index contributed by atoms with van der Waals surface area (Å²) >= 11 is 14.0. The van der Waals surface area contributed by atoms with Crippen molar-refractivity contribution < 1.29 is 0 Å². The number of aromatic nitrogens is 1. The zero-order chi connectivity index (χ0) is 12.8. The van der Waals surface area contributed by atoms with E-state index >= 15 is 0 Å². The summed E-state index contributed by atoms with van der Waals surface area (Å²) in [5, 5.41) is 7.29. The molecule has 6 heteroatoms. The third kappa shape index (κ3) is 4.45. The van der Waals surface area contributed by atoms with Crippen molar-refractivity contribution in [3.05, 3.63) is 16.1 Å². The smallest absolute Gasteiger partial charge is 0.147 e. The van der Waals surface area contributed by atoms with Crippen molar-refractivity contribution in [1.82, 2.24) is 4.98 Å². The van der Waals surface area contributed by atoms with Crippen molar-refractivity contribution in [3.8, 4) is 0 Å². The van der Waals surface area contributed by atoms with Crippen molar-refractivity contribution in [2.45, 2.75) is 19.9 Å². The van der Waals surface area contributed by atoms with Gasteiger partial charge in [-0.05, 0) is 18.7 Å². The first-order valence-electron chi connectivity index (χ1n) is 5.46. The van der Waals surface area contributed by atoms with Gasteiger partial charge in [-0.3, -0.25) is 0 Å². The van der Waals surface area contributed by atoms with E-state index in [0.717, 1.165) is 11.5 Å². The Morgan fingerprint density at radius 1 is 1.35 bits per heavy atom. The first-order valence-corrected chi connectivity index (χ1v) is 7.37. The number of halogens is 2. The topological polar surface area (TPSA) is 37.0 Å². The second kappa shape index (κ2) is 7.19. The Morgan fingerprint density at radius 3 is 2.59 bits per heavy atom. The second-order valence-corrected chi connectivity index (χ2v) is 5.74. The fraction of sp³-hybridized carbons (Fsp3) is 0.545. The first kappa shape index (κ1) is 14.7. The van der Waals surface area contributed by atoms with Crippen LogP contribution in [0.3, 0.4) is 0 Å². The van der Waals surface area contributed by atoms with Gasteiger partial charge in [0.15, 0.2) is 0 Å². The number of hydrogen-bond acceptors (Lipinski definition) is 4. The molecule has 0 aliphatic rings. The van der Waals surface area contributed by atoms with Crippen molar-refractivity contribution in [1.29, 1.82) is 0 Å². The maximum atomic E-state index is 6.09. The predicted molar refractivity (Wildman–Crippen MR) is 79.9 cm³/mol. The average molecular weight is 294 g/mol.